The van der Waals surface area contributed by atoms with Gasteiger partial charge in [0.1, 0.15) is 0 Å². The van der Waals surface area contributed by atoms with Gasteiger partial charge in [-0.15, -0.1) is 0 Å². The predicted molar refractivity (Wildman–Crippen MR) is 54.5 cm³/mol. The number of hydrogen-bond donors (Lipinski definition) is 2. The molecule has 0 amide bonds. The third-order valence-electron chi connectivity index (χ3n) is 1.78. The molecule has 0 atom stereocenters. The maximum absolute atomic E-state index is 4.33. The van der Waals surface area contributed by atoms with Crippen molar-refractivity contribution < 1.29 is 0 Å². The second kappa shape index (κ2) is 3.31. The van der Waals surface area contributed by atoms with Gasteiger partial charge in [0, 0.05) is 0 Å². The molecule has 0 aliphatic rings. The Bertz CT molecular complexity index is 395. The molecule has 3 heteroatoms. The van der Waals surface area contributed by atoms with Crippen molar-refractivity contribution >= 4 is 17.0 Å². The fourth-order valence-electron chi connectivity index (χ4n) is 1.18. The van der Waals surface area contributed by atoms with Crippen molar-refractivity contribution in [3.8, 4) is 0 Å². The molecule has 1 aromatic carbocycles. The van der Waals surface area contributed by atoms with Gasteiger partial charge in [-0.25, -0.2) is 4.98 Å². The highest BCUT2D eigenvalue weighted by atomic mass is 15.1. The molecule has 0 aliphatic carbocycles. The Morgan fingerprint density at radius 2 is 2.23 bits per heavy atom. The van der Waals surface area contributed by atoms with Crippen LogP contribution in [0.2, 0.25) is 0 Å². The number of anilines is 1. The van der Waals surface area contributed by atoms with E-state index in [9.17, 15) is 0 Å². The zero-order valence-electron chi connectivity index (χ0n) is 7.41. The van der Waals surface area contributed by atoms with Gasteiger partial charge in [0.15, 0.2) is 0 Å². The number of hydrogen-bond acceptors (Lipinski definition) is 2. The lowest BCUT2D eigenvalue weighted by molar-refractivity contribution is 1.31. The summed E-state index contributed by atoms with van der Waals surface area (Å²) in [6.07, 6.45) is 3.77. The van der Waals surface area contributed by atoms with E-state index in [4.69, 9.17) is 0 Å². The van der Waals surface area contributed by atoms with E-state index in [2.05, 4.69) is 15.3 Å². The lowest BCUT2D eigenvalue weighted by Gasteiger charge is -1.90. The Morgan fingerprint density at radius 1 is 1.38 bits per heavy atom. The topological polar surface area (TPSA) is 40.7 Å². The molecule has 0 spiro atoms. The molecular weight excluding hydrogens is 162 g/mol. The number of imidazole rings is 1. The Hall–Kier alpha value is -1.77. The second-order valence-corrected chi connectivity index (χ2v) is 2.75. The van der Waals surface area contributed by atoms with E-state index in [-0.39, 0.29) is 0 Å². The molecule has 2 N–H and O–H groups in total. The van der Waals surface area contributed by atoms with Crippen LogP contribution in [0.1, 0.15) is 6.92 Å². The normalized spacial score (nSPS) is 11.2. The molecule has 0 aliphatic heterocycles. The van der Waals surface area contributed by atoms with E-state index in [1.807, 2.05) is 43.5 Å². The minimum atomic E-state index is 0.777. The van der Waals surface area contributed by atoms with Gasteiger partial charge in [-0.2, -0.15) is 0 Å². The monoisotopic (exact) mass is 173 g/mol. The van der Waals surface area contributed by atoms with Crippen LogP contribution in [0.25, 0.3) is 11.0 Å². The van der Waals surface area contributed by atoms with Crippen LogP contribution in [-0.2, 0) is 0 Å². The number of para-hydroxylation sites is 2. The first kappa shape index (κ1) is 7.86. The van der Waals surface area contributed by atoms with E-state index >= 15 is 0 Å². The van der Waals surface area contributed by atoms with Crippen LogP contribution in [0.15, 0.2) is 36.5 Å². The summed E-state index contributed by atoms with van der Waals surface area (Å²) in [4.78, 5) is 7.49. The maximum atomic E-state index is 4.33. The van der Waals surface area contributed by atoms with Gasteiger partial charge in [-0.05, 0) is 25.3 Å². The minimum Gasteiger partial charge on any atom is -0.333 e. The summed E-state index contributed by atoms with van der Waals surface area (Å²) in [7, 11) is 0. The van der Waals surface area contributed by atoms with Crippen LogP contribution in [0.4, 0.5) is 5.95 Å². The molecule has 3 nitrogen and oxygen atoms in total. The molecule has 2 aromatic rings. The summed E-state index contributed by atoms with van der Waals surface area (Å²) in [6.45, 7) is 1.95. The quantitative estimate of drug-likeness (QED) is 0.732. The van der Waals surface area contributed by atoms with Gasteiger partial charge in [0.2, 0.25) is 5.95 Å². The highest BCUT2D eigenvalue weighted by molar-refractivity contribution is 5.77. The zero-order chi connectivity index (χ0) is 9.10. The fraction of sp³-hybridized carbons (Fsp3) is 0.100. The molecule has 0 bridgehead atoms. The van der Waals surface area contributed by atoms with Crippen LogP contribution in [0.3, 0.4) is 0 Å². The van der Waals surface area contributed by atoms with E-state index in [1.54, 1.807) is 0 Å². The number of nitrogens with zero attached hydrogens (tertiary/aromatic N) is 1. The Labute approximate surface area is 76.5 Å². The minimum absolute atomic E-state index is 0.777. The fourth-order valence-corrected chi connectivity index (χ4v) is 1.18. The van der Waals surface area contributed by atoms with Crippen LogP contribution < -0.4 is 5.32 Å². The largest absolute Gasteiger partial charge is 0.333 e. The van der Waals surface area contributed by atoms with Gasteiger partial charge in [-0.1, -0.05) is 18.2 Å². The lowest BCUT2D eigenvalue weighted by Crippen LogP contribution is -1.87. The molecule has 1 aromatic heterocycles. The lowest BCUT2D eigenvalue weighted by atomic mass is 10.3. The molecule has 0 saturated carbocycles. The Balaban J connectivity index is 2.38. The smallest absolute Gasteiger partial charge is 0.205 e. The number of H-pyrrole nitrogens is 1. The van der Waals surface area contributed by atoms with Crippen LogP contribution in [0.5, 0.6) is 0 Å². The molecule has 66 valence electrons. The maximum Gasteiger partial charge on any atom is 0.205 e. The van der Waals surface area contributed by atoms with Crippen LogP contribution in [-0.4, -0.2) is 9.97 Å². The molecule has 0 unspecified atom stereocenters. The summed E-state index contributed by atoms with van der Waals surface area (Å²) < 4.78 is 0. The summed E-state index contributed by atoms with van der Waals surface area (Å²) in [6, 6.07) is 7.94. The molecule has 0 saturated heterocycles. The molecule has 2 rings (SSSR count). The summed E-state index contributed by atoms with van der Waals surface area (Å²) in [5, 5.41) is 3.04. The number of benzene rings is 1. The first-order valence-electron chi connectivity index (χ1n) is 4.22. The number of allylic oxidation sites excluding steroid dienone is 1. The third kappa shape index (κ3) is 1.54. The zero-order valence-corrected chi connectivity index (χ0v) is 7.41. The number of aromatic amines is 1. The summed E-state index contributed by atoms with van der Waals surface area (Å²) >= 11 is 0. The first-order chi connectivity index (χ1) is 6.40. The van der Waals surface area contributed by atoms with Crippen molar-refractivity contribution in [2.45, 2.75) is 6.92 Å². The highest BCUT2D eigenvalue weighted by Crippen LogP contribution is 2.12. The molecule has 0 fully saturated rings. The van der Waals surface area contributed by atoms with Gasteiger partial charge >= 0.3 is 0 Å². The van der Waals surface area contributed by atoms with Crippen molar-refractivity contribution in [3.05, 3.63) is 36.5 Å². The van der Waals surface area contributed by atoms with Gasteiger partial charge in [0.25, 0.3) is 0 Å². The molecule has 1 heterocycles. The number of aromatic nitrogens is 2. The average Bonchev–Trinajstić information content (AvgIpc) is 2.57. The highest BCUT2D eigenvalue weighted by Gasteiger charge is 1.97. The summed E-state index contributed by atoms with van der Waals surface area (Å²) in [5.74, 6) is 0.777. The first-order valence-corrected chi connectivity index (χ1v) is 4.22. The van der Waals surface area contributed by atoms with Crippen molar-refractivity contribution in [3.63, 3.8) is 0 Å². The van der Waals surface area contributed by atoms with Crippen molar-refractivity contribution in [1.82, 2.24) is 9.97 Å². The number of nitrogens with one attached hydrogen (secondary N) is 2. The van der Waals surface area contributed by atoms with E-state index in [0.29, 0.717) is 0 Å². The van der Waals surface area contributed by atoms with Crippen LogP contribution in [0, 0.1) is 0 Å². The van der Waals surface area contributed by atoms with E-state index in [1.165, 1.54) is 0 Å². The van der Waals surface area contributed by atoms with Crippen molar-refractivity contribution in [2.24, 2.45) is 0 Å². The van der Waals surface area contributed by atoms with Crippen molar-refractivity contribution in [1.29, 1.82) is 0 Å². The van der Waals surface area contributed by atoms with Gasteiger partial charge in [-0.3, -0.25) is 0 Å². The Morgan fingerprint density at radius 3 is 3.00 bits per heavy atom. The Kier molecular flexibility index (Phi) is 2.00. The average molecular weight is 173 g/mol. The SMILES string of the molecule is CC=CNc1nc2ccccc2[nH]1. The van der Waals surface area contributed by atoms with Crippen molar-refractivity contribution in [2.75, 3.05) is 5.32 Å². The van der Waals surface area contributed by atoms with Gasteiger partial charge in [0.05, 0.1) is 11.0 Å². The molecule has 13 heavy (non-hydrogen) atoms. The van der Waals surface area contributed by atoms with Crippen LogP contribution >= 0.6 is 0 Å². The summed E-state index contributed by atoms with van der Waals surface area (Å²) in [5.41, 5.74) is 2.03. The van der Waals surface area contributed by atoms with Gasteiger partial charge < -0.3 is 10.3 Å². The third-order valence-corrected chi connectivity index (χ3v) is 1.78. The predicted octanol–water partition coefficient (Wildman–Crippen LogP) is 2.51. The number of fused-ring (bicyclic) bond motifs is 1. The standard InChI is InChI=1S/C10H11N3/c1-2-7-11-10-12-8-5-3-4-6-9(8)13-10/h2-7H,1H3,(H2,11,12,13). The van der Waals surface area contributed by atoms with E-state index in [0.717, 1.165) is 17.0 Å². The molecular formula is C10H11N3. The van der Waals surface area contributed by atoms with E-state index < -0.39 is 0 Å². The second-order valence-electron chi connectivity index (χ2n) is 2.75. The number of rotatable bonds is 2. The molecule has 0 radical (unpaired) electrons.